The lowest BCUT2D eigenvalue weighted by molar-refractivity contribution is -0.130. The molecule has 0 radical (unpaired) electrons. The molecule has 0 unspecified atom stereocenters. The summed E-state index contributed by atoms with van der Waals surface area (Å²) in [5, 5.41) is 2.68. The first-order chi connectivity index (χ1) is 6.40. The van der Waals surface area contributed by atoms with Gasteiger partial charge < -0.3 is 5.32 Å². The monoisotopic (exact) mass is 217 g/mol. The molecule has 0 aliphatic rings. The number of amides is 1. The van der Waals surface area contributed by atoms with E-state index in [1.54, 1.807) is 13.8 Å². The van der Waals surface area contributed by atoms with Gasteiger partial charge in [-0.05, 0) is 0 Å². The summed E-state index contributed by atoms with van der Waals surface area (Å²) < 4.78 is 0. The van der Waals surface area contributed by atoms with Gasteiger partial charge in [-0.2, -0.15) is 12.6 Å². The van der Waals surface area contributed by atoms with Crippen LogP contribution in [0.3, 0.4) is 0 Å². The lowest BCUT2D eigenvalue weighted by Gasteiger charge is -2.18. The smallest absolute Gasteiger partial charge is 0.223 e. The van der Waals surface area contributed by atoms with E-state index in [0.29, 0.717) is 5.75 Å². The van der Waals surface area contributed by atoms with Gasteiger partial charge in [0, 0.05) is 17.6 Å². The fourth-order valence-corrected chi connectivity index (χ4v) is 1.22. The van der Waals surface area contributed by atoms with E-state index >= 15 is 0 Å². The second-order valence-corrected chi connectivity index (χ2v) is 4.32. The molecule has 0 aliphatic carbocycles. The van der Waals surface area contributed by atoms with Gasteiger partial charge in [-0.15, -0.1) is 0 Å². The van der Waals surface area contributed by atoms with Crippen LogP contribution in [0.5, 0.6) is 0 Å². The second-order valence-electron chi connectivity index (χ2n) is 3.96. The highest BCUT2D eigenvalue weighted by Crippen LogP contribution is 2.03. The van der Waals surface area contributed by atoms with Gasteiger partial charge in [-0.25, -0.2) is 0 Å². The summed E-state index contributed by atoms with van der Waals surface area (Å²) in [6.45, 7) is 7.23. The Hall–Kier alpha value is -0.510. The summed E-state index contributed by atoms with van der Waals surface area (Å²) in [4.78, 5) is 22.9. The minimum absolute atomic E-state index is 0.0361. The van der Waals surface area contributed by atoms with E-state index in [1.165, 1.54) is 0 Å². The zero-order valence-corrected chi connectivity index (χ0v) is 10.1. The molecule has 4 heteroatoms. The van der Waals surface area contributed by atoms with Crippen molar-refractivity contribution in [2.75, 3.05) is 5.75 Å². The van der Waals surface area contributed by atoms with Crippen molar-refractivity contribution in [3.8, 4) is 0 Å². The fraction of sp³-hybridized carbons (Fsp3) is 0.800. The minimum atomic E-state index is -0.451. The summed E-state index contributed by atoms with van der Waals surface area (Å²) in [5.41, 5.74) is 0. The number of ketones is 1. The first kappa shape index (κ1) is 13.5. The lowest BCUT2D eigenvalue weighted by atomic mass is 10.0. The van der Waals surface area contributed by atoms with E-state index in [1.807, 2.05) is 13.8 Å². The lowest BCUT2D eigenvalue weighted by Crippen LogP contribution is -2.45. The number of Topliss-reactive ketones (excluding diaryl/α,β-unsaturated/α-hetero) is 1. The van der Waals surface area contributed by atoms with Gasteiger partial charge in [-0.3, -0.25) is 9.59 Å². The number of carbonyl (C=O) groups excluding carboxylic acids is 2. The molecule has 1 atom stereocenters. The number of carbonyl (C=O) groups is 2. The Morgan fingerprint density at radius 2 is 1.64 bits per heavy atom. The van der Waals surface area contributed by atoms with Gasteiger partial charge in [-0.1, -0.05) is 27.7 Å². The van der Waals surface area contributed by atoms with Crippen molar-refractivity contribution in [2.45, 2.75) is 33.7 Å². The summed E-state index contributed by atoms with van der Waals surface area (Å²) in [7, 11) is 0. The molecular formula is C10H19NO2S. The van der Waals surface area contributed by atoms with Crippen molar-refractivity contribution < 1.29 is 9.59 Å². The van der Waals surface area contributed by atoms with Crippen LogP contribution in [0.25, 0.3) is 0 Å². The highest BCUT2D eigenvalue weighted by Gasteiger charge is 2.22. The van der Waals surface area contributed by atoms with Crippen molar-refractivity contribution >= 4 is 24.3 Å². The first-order valence-electron chi connectivity index (χ1n) is 4.85. The largest absolute Gasteiger partial charge is 0.345 e. The standard InChI is InChI=1S/C10H19NO2S/c1-6(2)9(12)8(5-14)11-10(13)7(3)4/h6-8,14H,5H2,1-4H3,(H,11,13)/t8-/m0/s1. The average molecular weight is 217 g/mol. The maximum atomic E-state index is 11.6. The average Bonchev–Trinajstić information content (AvgIpc) is 2.12. The molecule has 0 aromatic heterocycles. The number of rotatable bonds is 5. The molecular weight excluding hydrogens is 198 g/mol. The van der Waals surface area contributed by atoms with Gasteiger partial charge in [0.25, 0.3) is 0 Å². The van der Waals surface area contributed by atoms with E-state index in [4.69, 9.17) is 0 Å². The fourth-order valence-electron chi connectivity index (χ4n) is 0.948. The highest BCUT2D eigenvalue weighted by atomic mass is 32.1. The molecule has 1 amide bonds. The number of hydrogen-bond donors (Lipinski definition) is 2. The van der Waals surface area contributed by atoms with Crippen molar-refractivity contribution in [3.05, 3.63) is 0 Å². The molecule has 14 heavy (non-hydrogen) atoms. The van der Waals surface area contributed by atoms with Crippen LogP contribution in [0, 0.1) is 11.8 Å². The van der Waals surface area contributed by atoms with Crippen LogP contribution in [0.1, 0.15) is 27.7 Å². The summed E-state index contributed by atoms with van der Waals surface area (Å²) in [6, 6.07) is -0.451. The van der Waals surface area contributed by atoms with Crippen molar-refractivity contribution in [1.29, 1.82) is 0 Å². The van der Waals surface area contributed by atoms with Crippen LogP contribution in [0.4, 0.5) is 0 Å². The summed E-state index contributed by atoms with van der Waals surface area (Å²) in [5.74, 6) is 0.124. The van der Waals surface area contributed by atoms with E-state index in [-0.39, 0.29) is 23.5 Å². The predicted molar refractivity (Wildman–Crippen MR) is 60.5 cm³/mol. The molecule has 0 aliphatic heterocycles. The van der Waals surface area contributed by atoms with Crippen LogP contribution < -0.4 is 5.32 Å². The Kier molecular flexibility index (Phi) is 5.84. The zero-order valence-electron chi connectivity index (χ0n) is 9.20. The molecule has 3 nitrogen and oxygen atoms in total. The van der Waals surface area contributed by atoms with Crippen LogP contribution in [-0.4, -0.2) is 23.5 Å². The zero-order chi connectivity index (χ0) is 11.3. The molecule has 82 valence electrons. The van der Waals surface area contributed by atoms with Crippen molar-refractivity contribution in [3.63, 3.8) is 0 Å². The molecule has 0 aromatic carbocycles. The number of thiol groups is 1. The highest BCUT2D eigenvalue weighted by molar-refractivity contribution is 7.80. The van der Waals surface area contributed by atoms with E-state index in [9.17, 15) is 9.59 Å². The molecule has 0 bridgehead atoms. The van der Waals surface area contributed by atoms with Crippen LogP contribution in [0.2, 0.25) is 0 Å². The Morgan fingerprint density at radius 1 is 1.14 bits per heavy atom. The third kappa shape index (κ3) is 4.13. The Labute approximate surface area is 91.1 Å². The van der Waals surface area contributed by atoms with Gasteiger partial charge >= 0.3 is 0 Å². The topological polar surface area (TPSA) is 46.2 Å². The first-order valence-corrected chi connectivity index (χ1v) is 5.48. The van der Waals surface area contributed by atoms with Crippen molar-refractivity contribution in [1.82, 2.24) is 5.32 Å². The third-order valence-corrected chi connectivity index (χ3v) is 2.30. The second kappa shape index (κ2) is 6.06. The maximum absolute atomic E-state index is 11.6. The SMILES string of the molecule is CC(C)C(=O)N[C@@H](CS)C(=O)C(C)C. The van der Waals surface area contributed by atoms with Gasteiger partial charge in [0.15, 0.2) is 5.78 Å². The van der Waals surface area contributed by atoms with E-state index in [0.717, 1.165) is 0 Å². The molecule has 0 aromatic rings. The van der Waals surface area contributed by atoms with Gasteiger partial charge in [0.2, 0.25) is 5.91 Å². The Bertz CT molecular complexity index is 214. The van der Waals surface area contributed by atoms with Crippen molar-refractivity contribution in [2.24, 2.45) is 11.8 Å². The van der Waals surface area contributed by atoms with Gasteiger partial charge in [0.1, 0.15) is 0 Å². The molecule has 0 saturated heterocycles. The molecule has 0 fully saturated rings. The van der Waals surface area contributed by atoms with Crippen LogP contribution >= 0.6 is 12.6 Å². The third-order valence-electron chi connectivity index (χ3n) is 1.94. The Morgan fingerprint density at radius 3 is 1.93 bits per heavy atom. The number of hydrogen-bond acceptors (Lipinski definition) is 3. The maximum Gasteiger partial charge on any atom is 0.223 e. The Balaban J connectivity index is 4.30. The number of nitrogens with one attached hydrogen (secondary N) is 1. The molecule has 0 spiro atoms. The predicted octanol–water partition coefficient (Wildman–Crippen LogP) is 1.28. The molecule has 1 N–H and O–H groups in total. The van der Waals surface area contributed by atoms with E-state index in [2.05, 4.69) is 17.9 Å². The quantitative estimate of drug-likeness (QED) is 0.682. The van der Waals surface area contributed by atoms with Crippen LogP contribution in [-0.2, 0) is 9.59 Å². The van der Waals surface area contributed by atoms with Gasteiger partial charge in [0.05, 0.1) is 6.04 Å². The van der Waals surface area contributed by atoms with Crippen LogP contribution in [0.15, 0.2) is 0 Å². The van der Waals surface area contributed by atoms with E-state index < -0.39 is 6.04 Å². The summed E-state index contributed by atoms with van der Waals surface area (Å²) >= 11 is 4.06. The molecule has 0 heterocycles. The molecule has 0 rings (SSSR count). The normalized spacial score (nSPS) is 13.1. The minimum Gasteiger partial charge on any atom is -0.345 e. The summed E-state index contributed by atoms with van der Waals surface area (Å²) in [6.07, 6.45) is 0. The molecule has 0 saturated carbocycles.